The SMILES string of the molecule is CCCCCCCCCCCCCCNCCCCNC(CC)C(=O)O.O=C(O)C(F)(F)F. The van der Waals surface area contributed by atoms with E-state index >= 15 is 0 Å². The second-order valence-electron chi connectivity index (χ2n) is 8.40. The van der Waals surface area contributed by atoms with Crippen molar-refractivity contribution < 1.29 is 33.0 Å². The van der Waals surface area contributed by atoms with Gasteiger partial charge >= 0.3 is 18.1 Å². The first-order chi connectivity index (χ1) is 15.7. The molecule has 0 radical (unpaired) electrons. The highest BCUT2D eigenvalue weighted by Gasteiger charge is 2.38. The topological polar surface area (TPSA) is 98.7 Å². The summed E-state index contributed by atoms with van der Waals surface area (Å²) < 4.78 is 31.7. The molecule has 0 aliphatic rings. The van der Waals surface area contributed by atoms with E-state index in [9.17, 15) is 18.0 Å². The predicted molar refractivity (Wildman–Crippen MR) is 127 cm³/mol. The average Bonchev–Trinajstić information content (AvgIpc) is 2.75. The molecule has 1 unspecified atom stereocenters. The minimum atomic E-state index is -5.08. The number of alkyl halides is 3. The lowest BCUT2D eigenvalue weighted by atomic mass is 10.1. The van der Waals surface area contributed by atoms with E-state index in [-0.39, 0.29) is 6.04 Å². The molecule has 0 amide bonds. The summed E-state index contributed by atoms with van der Waals surface area (Å²) in [7, 11) is 0. The summed E-state index contributed by atoms with van der Waals surface area (Å²) in [6.07, 6.45) is 14.5. The summed E-state index contributed by atoms with van der Waals surface area (Å²) in [5.74, 6) is -3.50. The number of carbonyl (C=O) groups is 2. The highest BCUT2D eigenvalue weighted by molar-refractivity contribution is 5.73. The molecule has 0 aromatic carbocycles. The Morgan fingerprint density at radius 2 is 1.06 bits per heavy atom. The van der Waals surface area contributed by atoms with Crippen molar-refractivity contribution in [1.29, 1.82) is 0 Å². The number of unbranched alkanes of at least 4 members (excludes halogenated alkanes) is 12. The van der Waals surface area contributed by atoms with Crippen LogP contribution in [0.4, 0.5) is 13.2 Å². The summed E-state index contributed by atoms with van der Waals surface area (Å²) >= 11 is 0. The van der Waals surface area contributed by atoms with Gasteiger partial charge in [0, 0.05) is 0 Å². The van der Waals surface area contributed by atoms with Gasteiger partial charge in [-0.05, 0) is 45.3 Å². The van der Waals surface area contributed by atoms with Gasteiger partial charge in [0.2, 0.25) is 0 Å². The summed E-state index contributed by atoms with van der Waals surface area (Å²) in [5.41, 5.74) is 0. The van der Waals surface area contributed by atoms with E-state index in [1.54, 1.807) is 0 Å². The molecule has 9 heteroatoms. The largest absolute Gasteiger partial charge is 0.490 e. The zero-order valence-electron chi connectivity index (χ0n) is 20.7. The highest BCUT2D eigenvalue weighted by atomic mass is 19.4. The van der Waals surface area contributed by atoms with Crippen LogP contribution in [0.25, 0.3) is 0 Å². The first kappa shape index (κ1) is 33.8. The zero-order chi connectivity index (χ0) is 25.4. The van der Waals surface area contributed by atoms with Crippen molar-refractivity contribution in [3.63, 3.8) is 0 Å². The molecule has 0 saturated heterocycles. The third-order valence-electron chi connectivity index (χ3n) is 5.33. The van der Waals surface area contributed by atoms with Gasteiger partial charge in [-0.15, -0.1) is 0 Å². The van der Waals surface area contributed by atoms with Crippen LogP contribution in [0.5, 0.6) is 0 Å². The van der Waals surface area contributed by atoms with E-state index < -0.39 is 18.1 Å². The van der Waals surface area contributed by atoms with Crippen molar-refractivity contribution in [2.24, 2.45) is 0 Å². The fourth-order valence-corrected chi connectivity index (χ4v) is 3.27. The van der Waals surface area contributed by atoms with Gasteiger partial charge in [0.25, 0.3) is 0 Å². The fourth-order valence-electron chi connectivity index (χ4n) is 3.27. The minimum absolute atomic E-state index is 0.385. The molecule has 0 saturated carbocycles. The van der Waals surface area contributed by atoms with Gasteiger partial charge in [0.05, 0.1) is 0 Å². The Labute approximate surface area is 198 Å². The maximum Gasteiger partial charge on any atom is 0.490 e. The summed E-state index contributed by atoms with van der Waals surface area (Å²) in [6.45, 7) is 7.15. The Balaban J connectivity index is 0. The van der Waals surface area contributed by atoms with Crippen molar-refractivity contribution in [2.45, 2.75) is 122 Å². The van der Waals surface area contributed by atoms with E-state index in [1.807, 2.05) is 6.92 Å². The van der Waals surface area contributed by atoms with Gasteiger partial charge in [0.15, 0.2) is 0 Å². The molecule has 0 aromatic heterocycles. The minimum Gasteiger partial charge on any atom is -0.480 e. The fraction of sp³-hybridized carbons (Fsp3) is 0.917. The Hall–Kier alpha value is -1.35. The number of aliphatic carboxylic acids is 2. The van der Waals surface area contributed by atoms with Crippen molar-refractivity contribution in [3.8, 4) is 0 Å². The maximum atomic E-state index is 10.9. The van der Waals surface area contributed by atoms with Crippen LogP contribution in [-0.4, -0.2) is 54.0 Å². The summed E-state index contributed by atoms with van der Waals surface area (Å²) in [6, 6.07) is -0.385. The van der Waals surface area contributed by atoms with E-state index in [0.717, 1.165) is 32.5 Å². The molecule has 0 fully saturated rings. The lowest BCUT2D eigenvalue weighted by molar-refractivity contribution is -0.192. The number of hydrogen-bond acceptors (Lipinski definition) is 4. The van der Waals surface area contributed by atoms with Gasteiger partial charge in [-0.2, -0.15) is 13.2 Å². The van der Waals surface area contributed by atoms with Gasteiger partial charge < -0.3 is 20.8 Å². The van der Waals surface area contributed by atoms with Crippen LogP contribution < -0.4 is 10.6 Å². The molecule has 33 heavy (non-hydrogen) atoms. The van der Waals surface area contributed by atoms with Crippen molar-refractivity contribution in [2.75, 3.05) is 19.6 Å². The lowest BCUT2D eigenvalue weighted by Gasteiger charge is -2.11. The van der Waals surface area contributed by atoms with E-state index in [0.29, 0.717) is 6.42 Å². The number of rotatable bonds is 21. The number of carboxylic acid groups (broad SMARTS) is 2. The molecular weight excluding hydrogens is 437 g/mol. The van der Waals surface area contributed by atoms with E-state index in [1.165, 1.54) is 77.0 Å². The average molecular weight is 485 g/mol. The lowest BCUT2D eigenvalue weighted by Crippen LogP contribution is -2.36. The Morgan fingerprint density at radius 1 is 0.697 bits per heavy atom. The molecule has 0 heterocycles. The van der Waals surface area contributed by atoms with Crippen LogP contribution in [-0.2, 0) is 9.59 Å². The summed E-state index contributed by atoms with van der Waals surface area (Å²) in [4.78, 5) is 19.8. The maximum absolute atomic E-state index is 10.9. The first-order valence-corrected chi connectivity index (χ1v) is 12.6. The number of hydrogen-bond donors (Lipinski definition) is 4. The molecule has 0 aliphatic heterocycles. The predicted octanol–water partition coefficient (Wildman–Crippen LogP) is 6.14. The monoisotopic (exact) mass is 484 g/mol. The molecule has 0 aromatic rings. The van der Waals surface area contributed by atoms with Crippen LogP contribution in [0.1, 0.15) is 110 Å². The highest BCUT2D eigenvalue weighted by Crippen LogP contribution is 2.13. The number of nitrogens with one attached hydrogen (secondary N) is 2. The quantitative estimate of drug-likeness (QED) is 0.146. The van der Waals surface area contributed by atoms with E-state index in [4.69, 9.17) is 15.0 Å². The van der Waals surface area contributed by atoms with Crippen LogP contribution in [0.3, 0.4) is 0 Å². The Morgan fingerprint density at radius 3 is 1.42 bits per heavy atom. The van der Waals surface area contributed by atoms with Crippen LogP contribution in [0.15, 0.2) is 0 Å². The first-order valence-electron chi connectivity index (χ1n) is 12.6. The smallest absolute Gasteiger partial charge is 0.480 e. The van der Waals surface area contributed by atoms with Crippen molar-refractivity contribution >= 4 is 11.9 Å². The molecule has 0 bridgehead atoms. The molecule has 1 atom stereocenters. The van der Waals surface area contributed by atoms with Crippen LogP contribution in [0.2, 0.25) is 0 Å². The second-order valence-corrected chi connectivity index (χ2v) is 8.40. The molecule has 4 N–H and O–H groups in total. The molecule has 0 rings (SSSR count). The molecule has 0 aliphatic carbocycles. The molecular formula is C24H47F3N2O4. The number of carboxylic acids is 2. The number of halogens is 3. The van der Waals surface area contributed by atoms with Crippen LogP contribution >= 0.6 is 0 Å². The third-order valence-corrected chi connectivity index (χ3v) is 5.33. The third kappa shape index (κ3) is 26.8. The Bertz CT molecular complexity index is 463. The summed E-state index contributed by atoms with van der Waals surface area (Å²) in [5, 5.41) is 22.7. The van der Waals surface area contributed by atoms with Gasteiger partial charge in [-0.25, -0.2) is 4.79 Å². The standard InChI is InChI=1S/C22H46N2O2.C2HF3O2/c1-3-5-6-7-8-9-10-11-12-13-14-15-18-23-19-16-17-20-24-21(4-2)22(25)26;3-2(4,5)1(6)7/h21,23-24H,3-20H2,1-2H3,(H,25,26);(H,6,7). The van der Waals surface area contributed by atoms with E-state index in [2.05, 4.69) is 17.6 Å². The normalized spacial score (nSPS) is 12.2. The molecule has 198 valence electrons. The second kappa shape index (κ2) is 23.8. The molecule has 6 nitrogen and oxygen atoms in total. The molecule has 0 spiro atoms. The zero-order valence-corrected chi connectivity index (χ0v) is 20.7. The van der Waals surface area contributed by atoms with Crippen LogP contribution in [0, 0.1) is 0 Å². The van der Waals surface area contributed by atoms with Gasteiger partial charge in [0.1, 0.15) is 6.04 Å². The van der Waals surface area contributed by atoms with Crippen molar-refractivity contribution in [3.05, 3.63) is 0 Å². The van der Waals surface area contributed by atoms with Gasteiger partial charge in [-0.3, -0.25) is 4.79 Å². The van der Waals surface area contributed by atoms with Crippen molar-refractivity contribution in [1.82, 2.24) is 10.6 Å². The van der Waals surface area contributed by atoms with Gasteiger partial charge in [-0.1, -0.05) is 84.5 Å². The Kier molecular flexibility index (Phi) is 24.4.